The van der Waals surface area contributed by atoms with Gasteiger partial charge in [-0.2, -0.15) is 0 Å². The van der Waals surface area contributed by atoms with E-state index in [1.165, 1.54) is 6.92 Å². The maximum absolute atomic E-state index is 16.3. The first-order chi connectivity index (χ1) is 38.1. The molecule has 11 atom stereocenters. The summed E-state index contributed by atoms with van der Waals surface area (Å²) < 4.78 is 63.4. The molecule has 3 aliphatic carbocycles. The number of benzene rings is 2. The molecule has 2 saturated heterocycles. The molecule has 0 aromatic heterocycles. The Morgan fingerprint density at radius 2 is 1.43 bits per heavy atom. The van der Waals surface area contributed by atoms with E-state index in [2.05, 4.69) is 11.4 Å². The van der Waals surface area contributed by atoms with Gasteiger partial charge >= 0.3 is 29.8 Å². The van der Waals surface area contributed by atoms with Crippen molar-refractivity contribution in [1.29, 1.82) is 0 Å². The van der Waals surface area contributed by atoms with E-state index in [9.17, 15) is 28.8 Å². The molecule has 7 aliphatic rings. The summed E-state index contributed by atoms with van der Waals surface area (Å²) in [5.41, 5.74) is -2.11. The van der Waals surface area contributed by atoms with Crippen molar-refractivity contribution in [1.82, 2.24) is 5.32 Å². The second-order valence-electron chi connectivity index (χ2n) is 22.9. The van der Waals surface area contributed by atoms with Crippen molar-refractivity contribution in [3.63, 3.8) is 0 Å². The van der Waals surface area contributed by atoms with E-state index in [1.807, 2.05) is 91.0 Å². The minimum atomic E-state index is -1.90. The third-order valence-corrected chi connectivity index (χ3v) is 15.6. The van der Waals surface area contributed by atoms with Crippen molar-refractivity contribution in [3.05, 3.63) is 105 Å². The predicted octanol–water partition coefficient (Wildman–Crippen LogP) is 8.16. The molecule has 1 saturated carbocycles. The molecule has 19 nitrogen and oxygen atoms in total. The SMILES string of the molecule is CC(=O)OC[C@H]1O[C@@H](Oc2c3c(c(CC=C(C)C)c4c2C(=O)C2=CC5CC6C(C)(C)OC(C/C=C(/C)C(=O)NC(C)C(=O)OCc7ccccc7)(C5=O)C26O4)OC(C)(CCC=C(C)C)C=C3)[C@H](OC(C)=O)[C@H](OC(C)=O)[C@@H]1OC(C)=O. The van der Waals surface area contributed by atoms with Gasteiger partial charge in [-0.3, -0.25) is 33.6 Å². The van der Waals surface area contributed by atoms with E-state index >= 15 is 9.59 Å². The average molecular weight is 1120 g/mol. The van der Waals surface area contributed by atoms with Gasteiger partial charge in [0.05, 0.1) is 11.2 Å². The molecule has 2 aromatic rings. The zero-order valence-electron chi connectivity index (χ0n) is 48.3. The first-order valence-corrected chi connectivity index (χ1v) is 27.4. The summed E-state index contributed by atoms with van der Waals surface area (Å²) in [7, 11) is 0. The lowest BCUT2D eigenvalue weighted by atomic mass is 9.51. The van der Waals surface area contributed by atoms with Gasteiger partial charge in [0.1, 0.15) is 53.8 Å². The molecule has 19 heteroatoms. The van der Waals surface area contributed by atoms with Gasteiger partial charge in [0.25, 0.3) is 0 Å². The number of hydrogen-bond donors (Lipinski definition) is 1. The normalized spacial score (nSPS) is 28.4. The number of esters is 5. The molecule has 81 heavy (non-hydrogen) atoms. The van der Waals surface area contributed by atoms with E-state index in [4.69, 9.17) is 47.4 Å². The summed E-state index contributed by atoms with van der Waals surface area (Å²) in [4.78, 5) is 110. The van der Waals surface area contributed by atoms with E-state index in [0.29, 0.717) is 18.4 Å². The summed E-state index contributed by atoms with van der Waals surface area (Å²) in [5.74, 6) is -6.86. The molecule has 6 unspecified atom stereocenters. The molecule has 2 aromatic carbocycles. The van der Waals surface area contributed by atoms with Crippen LogP contribution in [0.15, 0.2) is 83.0 Å². The maximum Gasteiger partial charge on any atom is 0.328 e. The molecule has 4 aliphatic heterocycles. The fraction of sp³-hybridized carbons (Fsp3) is 0.516. The van der Waals surface area contributed by atoms with Crippen LogP contribution in [0.2, 0.25) is 0 Å². The number of nitrogens with one attached hydrogen (secondary N) is 1. The van der Waals surface area contributed by atoms with Crippen LogP contribution < -0.4 is 19.5 Å². The first kappa shape index (κ1) is 59.7. The number of fused-ring (bicyclic) bond motifs is 2. The minimum Gasteiger partial charge on any atom is -0.482 e. The zero-order chi connectivity index (χ0) is 59.1. The van der Waals surface area contributed by atoms with E-state index in [0.717, 1.165) is 44.4 Å². The number of amides is 1. The van der Waals surface area contributed by atoms with Crippen LogP contribution >= 0.6 is 0 Å². The van der Waals surface area contributed by atoms with Crippen molar-refractivity contribution in [3.8, 4) is 17.2 Å². The number of carbonyl (C=O) groups excluding carboxylic acids is 8. The molecular formula is C62H73NO18. The molecular weight excluding hydrogens is 1050 g/mol. The van der Waals surface area contributed by atoms with Crippen LogP contribution in [0.5, 0.6) is 17.2 Å². The Hall–Kier alpha value is -7.38. The van der Waals surface area contributed by atoms with Crippen molar-refractivity contribution >= 4 is 53.4 Å². The number of rotatable bonds is 19. The highest BCUT2D eigenvalue weighted by Gasteiger charge is 2.81. The van der Waals surface area contributed by atoms with Gasteiger partial charge in [-0.15, -0.1) is 0 Å². The molecule has 4 heterocycles. The predicted molar refractivity (Wildman–Crippen MR) is 291 cm³/mol. The van der Waals surface area contributed by atoms with Gasteiger partial charge in [0, 0.05) is 62.7 Å². The van der Waals surface area contributed by atoms with Crippen molar-refractivity contribution in [2.45, 2.75) is 188 Å². The van der Waals surface area contributed by atoms with Gasteiger partial charge in [-0.1, -0.05) is 65.8 Å². The number of allylic oxidation sites excluding steroid dienone is 5. The summed E-state index contributed by atoms with van der Waals surface area (Å²) in [6.07, 6.45) is 4.17. The highest BCUT2D eigenvalue weighted by atomic mass is 16.7. The maximum atomic E-state index is 16.3. The molecule has 1 spiro atoms. The van der Waals surface area contributed by atoms with E-state index in [1.54, 1.807) is 25.2 Å². The molecule has 1 amide bonds. The Morgan fingerprint density at radius 3 is 2.07 bits per heavy atom. The number of hydrogen-bond acceptors (Lipinski definition) is 18. The number of carbonyl (C=O) groups is 8. The summed E-state index contributed by atoms with van der Waals surface area (Å²) in [6, 6.07) is 8.08. The van der Waals surface area contributed by atoms with E-state index in [-0.39, 0.29) is 71.2 Å². The molecule has 3 fully saturated rings. The van der Waals surface area contributed by atoms with Crippen LogP contribution in [0, 0.1) is 11.8 Å². The van der Waals surface area contributed by atoms with Gasteiger partial charge in [-0.05, 0) is 106 Å². The Labute approximate surface area is 471 Å². The molecule has 0 radical (unpaired) electrons. The topological polar surface area (TPSA) is 241 Å². The van der Waals surface area contributed by atoms with Crippen molar-refractivity contribution < 1.29 is 85.7 Å². The lowest BCUT2D eigenvalue weighted by Gasteiger charge is -2.56. The fourth-order valence-corrected chi connectivity index (χ4v) is 11.9. The number of ether oxygens (including phenoxy) is 10. The Morgan fingerprint density at radius 1 is 0.778 bits per heavy atom. The quantitative estimate of drug-likeness (QED) is 0.0604. The third-order valence-electron chi connectivity index (χ3n) is 15.6. The van der Waals surface area contributed by atoms with E-state index < -0.39 is 119 Å². The van der Waals surface area contributed by atoms with Crippen molar-refractivity contribution in [2.75, 3.05) is 6.61 Å². The van der Waals surface area contributed by atoms with Gasteiger partial charge in [0.2, 0.25) is 18.3 Å². The van der Waals surface area contributed by atoms with Crippen LogP contribution in [0.3, 0.4) is 0 Å². The first-order valence-electron chi connectivity index (χ1n) is 27.4. The van der Waals surface area contributed by atoms with Crippen LogP contribution in [0.25, 0.3) is 6.08 Å². The third kappa shape index (κ3) is 11.7. The highest BCUT2D eigenvalue weighted by Crippen LogP contribution is 2.69. The molecule has 9 rings (SSSR count). The highest BCUT2D eigenvalue weighted by molar-refractivity contribution is 6.19. The average Bonchev–Trinajstić information content (AvgIpc) is 1.61. The second-order valence-corrected chi connectivity index (χ2v) is 22.9. The minimum absolute atomic E-state index is 0.00101. The van der Waals surface area contributed by atoms with Gasteiger partial charge < -0.3 is 52.7 Å². The molecule has 434 valence electrons. The zero-order valence-corrected chi connectivity index (χ0v) is 48.3. The van der Waals surface area contributed by atoms with Crippen LogP contribution in [0.1, 0.15) is 143 Å². The monoisotopic (exact) mass is 1120 g/mol. The standard InChI is InChI=1S/C62H73NO18/c1-32(2)18-17-25-60(13)26-24-43-49(79-60)42(22-21-33(3)4)51-47(50(43)78-58-54(76-39(10)67)53(75-38(9)66)52(74-37(8)65)45(77-58)31-72-36(7)64)48(68)44-28-41-29-46-59(11,12)81-61(55(41)69,62(44,46)80-51)27-23-34(5)56(70)63-35(6)57(71)73-30-40-19-15-14-16-20-40/h14-16,18-21,23-24,26,28,35,41,45-46,52-54,58H,17,22,25,27,29-31H2,1-13H3,(H,63,70)/b34-23-/t35?,41?,45-,46?,52-,53-,54-,58+,60?,61?,62?/m1/s1. The number of ketones is 2. The van der Waals surface area contributed by atoms with Crippen LogP contribution in [-0.4, -0.2) is 113 Å². The number of Topliss-reactive ketones (excluding diaryl/α,β-unsaturated/α-hetero) is 2. The second kappa shape index (κ2) is 23.2. The fourth-order valence-electron chi connectivity index (χ4n) is 11.9. The lowest BCUT2D eigenvalue weighted by Crippen LogP contribution is -2.72. The smallest absolute Gasteiger partial charge is 0.328 e. The van der Waals surface area contributed by atoms with Crippen LogP contribution in [-0.2, 0) is 79.7 Å². The Bertz CT molecular complexity index is 3070. The molecule has 4 bridgehead atoms. The van der Waals surface area contributed by atoms with Gasteiger partial charge in [-0.25, -0.2) is 4.79 Å². The van der Waals surface area contributed by atoms with Crippen molar-refractivity contribution in [2.24, 2.45) is 11.8 Å². The molecule has 1 N–H and O–H groups in total. The largest absolute Gasteiger partial charge is 0.482 e. The van der Waals surface area contributed by atoms with Crippen LogP contribution in [0.4, 0.5) is 0 Å². The van der Waals surface area contributed by atoms with Gasteiger partial charge in [0.15, 0.2) is 35.0 Å². The lowest BCUT2D eigenvalue weighted by molar-refractivity contribution is -0.288. The summed E-state index contributed by atoms with van der Waals surface area (Å²) in [5, 5.41) is 2.70. The Kier molecular flexibility index (Phi) is 17.1. The Balaban J connectivity index is 1.30. The summed E-state index contributed by atoms with van der Waals surface area (Å²) in [6.45, 7) is 20.4. The summed E-state index contributed by atoms with van der Waals surface area (Å²) >= 11 is 0.